The second-order valence-electron chi connectivity index (χ2n) is 3.28. The molecule has 0 spiro atoms. The third-order valence-electron chi connectivity index (χ3n) is 1.75. The van der Waals surface area contributed by atoms with Crippen molar-refractivity contribution in [1.82, 2.24) is 0 Å². The number of anilines is 1. The van der Waals surface area contributed by atoms with E-state index in [2.05, 4.69) is 11.9 Å². The Hall–Kier alpha value is -1.84. The molecule has 15 heavy (non-hydrogen) atoms. The van der Waals surface area contributed by atoms with E-state index in [1.807, 2.05) is 0 Å². The minimum atomic E-state index is -1.05. The van der Waals surface area contributed by atoms with E-state index in [4.69, 9.17) is 5.11 Å². The van der Waals surface area contributed by atoms with Gasteiger partial charge in [-0.1, -0.05) is 12.6 Å². The van der Waals surface area contributed by atoms with Gasteiger partial charge in [-0.3, -0.25) is 4.79 Å². The van der Waals surface area contributed by atoms with E-state index in [0.29, 0.717) is 11.4 Å². The van der Waals surface area contributed by atoms with Gasteiger partial charge in [0.1, 0.15) is 5.82 Å². The van der Waals surface area contributed by atoms with Crippen molar-refractivity contribution in [3.8, 4) is 0 Å². The van der Waals surface area contributed by atoms with Crippen LogP contribution in [0.2, 0.25) is 0 Å². The predicted octanol–water partition coefficient (Wildman–Crippen LogP) is 2.40. The quantitative estimate of drug-likeness (QED) is 0.800. The van der Waals surface area contributed by atoms with Crippen LogP contribution < -0.4 is 5.32 Å². The monoisotopic (exact) mass is 209 g/mol. The molecule has 0 heterocycles. The van der Waals surface area contributed by atoms with E-state index >= 15 is 0 Å². The van der Waals surface area contributed by atoms with Crippen molar-refractivity contribution in [3.05, 3.63) is 41.9 Å². The molecule has 3 nitrogen and oxygen atoms in total. The van der Waals surface area contributed by atoms with Crippen molar-refractivity contribution in [1.29, 1.82) is 0 Å². The summed E-state index contributed by atoms with van der Waals surface area (Å²) in [5.41, 5.74) is 1.43. The summed E-state index contributed by atoms with van der Waals surface area (Å²) in [4.78, 5) is 10.4. The number of aliphatic carboxylic acids is 1. The molecule has 0 fully saturated rings. The van der Waals surface area contributed by atoms with Gasteiger partial charge in [-0.05, 0) is 24.6 Å². The van der Waals surface area contributed by atoms with Gasteiger partial charge in [-0.25, -0.2) is 4.39 Å². The van der Waals surface area contributed by atoms with E-state index in [1.165, 1.54) is 12.1 Å². The van der Waals surface area contributed by atoms with Crippen LogP contribution in [-0.2, 0) is 11.2 Å². The fourth-order valence-corrected chi connectivity index (χ4v) is 1.18. The lowest BCUT2D eigenvalue weighted by Gasteiger charge is -2.06. The Bertz CT molecular complexity index is 402. The zero-order chi connectivity index (χ0) is 11.4. The van der Waals surface area contributed by atoms with Crippen LogP contribution in [0.25, 0.3) is 0 Å². The lowest BCUT2D eigenvalue weighted by molar-refractivity contribution is -0.136. The maximum absolute atomic E-state index is 13.3. The van der Waals surface area contributed by atoms with E-state index < -0.39 is 11.8 Å². The maximum atomic E-state index is 13.3. The smallest absolute Gasteiger partial charge is 0.307 e. The summed E-state index contributed by atoms with van der Waals surface area (Å²) in [7, 11) is 0. The van der Waals surface area contributed by atoms with Gasteiger partial charge in [0.2, 0.25) is 0 Å². The van der Waals surface area contributed by atoms with Crippen molar-refractivity contribution in [2.75, 3.05) is 5.32 Å². The fraction of sp³-hybridized carbons (Fsp3) is 0.182. The molecule has 1 rings (SSSR count). The number of nitrogens with one attached hydrogen (secondary N) is 1. The van der Waals surface area contributed by atoms with Crippen LogP contribution in [0.4, 0.5) is 10.1 Å². The molecule has 4 heteroatoms. The molecule has 0 unspecified atom stereocenters. The standard InChI is InChI=1S/C11H12FNO2/c1-7(2)13-9-4-3-8(5-11(14)15)10(12)6-9/h3-4,6,13H,1,5H2,2H3,(H,14,15). The minimum absolute atomic E-state index is 0.176. The number of hydrogen-bond donors (Lipinski definition) is 2. The summed E-state index contributed by atoms with van der Waals surface area (Å²) in [5.74, 6) is -1.57. The van der Waals surface area contributed by atoms with Gasteiger partial charge in [0.05, 0.1) is 6.42 Å². The number of halogens is 1. The summed E-state index contributed by atoms with van der Waals surface area (Å²) in [6.45, 7) is 5.38. The SMILES string of the molecule is C=C(C)Nc1ccc(CC(=O)O)c(F)c1. The maximum Gasteiger partial charge on any atom is 0.307 e. The average molecular weight is 209 g/mol. The van der Waals surface area contributed by atoms with Gasteiger partial charge in [0.25, 0.3) is 0 Å². The number of carboxylic acid groups (broad SMARTS) is 1. The van der Waals surface area contributed by atoms with E-state index in [-0.39, 0.29) is 12.0 Å². The van der Waals surface area contributed by atoms with Crippen molar-refractivity contribution < 1.29 is 14.3 Å². The van der Waals surface area contributed by atoms with Crippen LogP contribution in [0.1, 0.15) is 12.5 Å². The summed E-state index contributed by atoms with van der Waals surface area (Å²) < 4.78 is 13.3. The van der Waals surface area contributed by atoms with Crippen LogP contribution >= 0.6 is 0 Å². The number of benzene rings is 1. The summed E-state index contributed by atoms with van der Waals surface area (Å²) in [5, 5.41) is 11.4. The second-order valence-corrected chi connectivity index (χ2v) is 3.28. The first-order valence-electron chi connectivity index (χ1n) is 4.42. The second kappa shape index (κ2) is 4.59. The number of hydrogen-bond acceptors (Lipinski definition) is 2. The van der Waals surface area contributed by atoms with Gasteiger partial charge >= 0.3 is 5.97 Å². The molecule has 0 amide bonds. The number of carbonyl (C=O) groups is 1. The Balaban J connectivity index is 2.87. The Morgan fingerprint density at radius 3 is 2.73 bits per heavy atom. The highest BCUT2D eigenvalue weighted by molar-refractivity contribution is 5.70. The van der Waals surface area contributed by atoms with E-state index in [1.54, 1.807) is 13.0 Å². The zero-order valence-corrected chi connectivity index (χ0v) is 8.38. The molecule has 80 valence electrons. The molecule has 0 saturated carbocycles. The number of allylic oxidation sites excluding steroid dienone is 1. The lowest BCUT2D eigenvalue weighted by Crippen LogP contribution is -2.03. The Morgan fingerprint density at radius 1 is 1.60 bits per heavy atom. The third kappa shape index (κ3) is 3.42. The third-order valence-corrected chi connectivity index (χ3v) is 1.75. The first-order valence-corrected chi connectivity index (χ1v) is 4.42. The molecule has 0 aliphatic heterocycles. The Morgan fingerprint density at radius 2 is 2.27 bits per heavy atom. The predicted molar refractivity (Wildman–Crippen MR) is 56.2 cm³/mol. The summed E-state index contributed by atoms with van der Waals surface area (Å²) >= 11 is 0. The van der Waals surface area contributed by atoms with Crippen molar-refractivity contribution >= 4 is 11.7 Å². The first-order chi connectivity index (χ1) is 6.99. The van der Waals surface area contributed by atoms with Crippen molar-refractivity contribution in [2.24, 2.45) is 0 Å². The molecular formula is C11H12FNO2. The molecule has 0 radical (unpaired) electrons. The van der Waals surface area contributed by atoms with Crippen molar-refractivity contribution in [2.45, 2.75) is 13.3 Å². The lowest BCUT2D eigenvalue weighted by atomic mass is 10.1. The van der Waals surface area contributed by atoms with Crippen molar-refractivity contribution in [3.63, 3.8) is 0 Å². The Kier molecular flexibility index (Phi) is 3.44. The molecule has 0 aromatic heterocycles. The largest absolute Gasteiger partial charge is 0.481 e. The van der Waals surface area contributed by atoms with Crippen LogP contribution in [0.15, 0.2) is 30.5 Å². The van der Waals surface area contributed by atoms with E-state index in [0.717, 1.165) is 0 Å². The molecular weight excluding hydrogens is 197 g/mol. The molecule has 1 aromatic carbocycles. The summed E-state index contributed by atoms with van der Waals surface area (Å²) in [6.07, 6.45) is -0.306. The molecule has 1 aromatic rings. The van der Waals surface area contributed by atoms with Gasteiger partial charge in [0.15, 0.2) is 0 Å². The topological polar surface area (TPSA) is 49.3 Å². The molecule has 0 atom stereocenters. The Labute approximate surface area is 87.2 Å². The minimum Gasteiger partial charge on any atom is -0.481 e. The molecule has 0 aliphatic carbocycles. The van der Waals surface area contributed by atoms with E-state index in [9.17, 15) is 9.18 Å². The fourth-order valence-electron chi connectivity index (χ4n) is 1.18. The highest BCUT2D eigenvalue weighted by Crippen LogP contribution is 2.16. The normalized spacial score (nSPS) is 9.73. The zero-order valence-electron chi connectivity index (χ0n) is 8.38. The van der Waals surface area contributed by atoms with Crippen LogP contribution in [0, 0.1) is 5.82 Å². The summed E-state index contributed by atoms with van der Waals surface area (Å²) in [6, 6.07) is 4.33. The molecule has 0 bridgehead atoms. The average Bonchev–Trinajstić information content (AvgIpc) is 2.08. The van der Waals surface area contributed by atoms with Gasteiger partial charge in [-0.15, -0.1) is 0 Å². The first kappa shape index (κ1) is 11.2. The van der Waals surface area contributed by atoms with Gasteiger partial charge < -0.3 is 10.4 Å². The molecule has 2 N–H and O–H groups in total. The highest BCUT2D eigenvalue weighted by Gasteiger charge is 2.07. The van der Waals surface area contributed by atoms with Gasteiger partial charge in [-0.2, -0.15) is 0 Å². The molecule has 0 aliphatic rings. The highest BCUT2D eigenvalue weighted by atomic mass is 19.1. The van der Waals surface area contributed by atoms with Crippen LogP contribution in [-0.4, -0.2) is 11.1 Å². The number of carboxylic acids is 1. The molecule has 0 saturated heterocycles. The van der Waals surface area contributed by atoms with Crippen LogP contribution in [0.3, 0.4) is 0 Å². The van der Waals surface area contributed by atoms with Crippen LogP contribution in [0.5, 0.6) is 0 Å². The van der Waals surface area contributed by atoms with Gasteiger partial charge in [0, 0.05) is 11.4 Å². The number of rotatable bonds is 4.